The van der Waals surface area contributed by atoms with E-state index in [0.29, 0.717) is 6.54 Å². The number of rotatable bonds is 5. The molecule has 0 saturated carbocycles. The maximum Gasteiger partial charge on any atom is 0.408 e. The first-order chi connectivity index (χ1) is 10.6. The molecular formula is C17H25IN2O3. The van der Waals surface area contributed by atoms with Gasteiger partial charge in [0.2, 0.25) is 5.91 Å². The first-order valence-corrected chi connectivity index (χ1v) is 8.68. The van der Waals surface area contributed by atoms with Crippen LogP contribution >= 0.6 is 22.6 Å². The van der Waals surface area contributed by atoms with Crippen LogP contribution in [-0.2, 0) is 16.1 Å². The zero-order valence-electron chi connectivity index (χ0n) is 14.3. The number of benzene rings is 1. The number of carbonyl (C=O) groups excluding carboxylic acids is 2. The van der Waals surface area contributed by atoms with Crippen molar-refractivity contribution in [2.45, 2.75) is 52.8 Å². The van der Waals surface area contributed by atoms with Crippen LogP contribution in [0.4, 0.5) is 4.79 Å². The number of carbonyl (C=O) groups is 2. The molecule has 1 aromatic carbocycles. The number of alkyl carbamates (subject to hydrolysis) is 1. The Bertz CT molecular complexity index is 553. The average Bonchev–Trinajstić information content (AvgIpc) is 2.41. The minimum absolute atomic E-state index is 0.0441. The summed E-state index contributed by atoms with van der Waals surface area (Å²) < 4.78 is 6.31. The maximum atomic E-state index is 12.4. The van der Waals surface area contributed by atoms with Gasteiger partial charge in [0, 0.05) is 10.1 Å². The van der Waals surface area contributed by atoms with Crippen molar-refractivity contribution in [1.82, 2.24) is 10.6 Å². The lowest BCUT2D eigenvalue weighted by atomic mass is 10.0. The van der Waals surface area contributed by atoms with Gasteiger partial charge in [-0.05, 0) is 60.9 Å². The largest absolute Gasteiger partial charge is 0.444 e. The minimum atomic E-state index is -0.633. The zero-order valence-corrected chi connectivity index (χ0v) is 16.4. The second kappa shape index (κ2) is 8.52. The number of hydrogen-bond acceptors (Lipinski definition) is 3. The highest BCUT2D eigenvalue weighted by molar-refractivity contribution is 14.1. The van der Waals surface area contributed by atoms with Gasteiger partial charge in [0.15, 0.2) is 0 Å². The summed E-state index contributed by atoms with van der Waals surface area (Å²) >= 11 is 2.23. The molecule has 128 valence electrons. The van der Waals surface area contributed by atoms with Crippen molar-refractivity contribution in [3.05, 3.63) is 33.4 Å². The molecule has 0 aliphatic heterocycles. The molecule has 0 fully saturated rings. The summed E-state index contributed by atoms with van der Waals surface area (Å²) in [4.78, 5) is 24.3. The van der Waals surface area contributed by atoms with Crippen molar-refractivity contribution in [1.29, 1.82) is 0 Å². The fraction of sp³-hybridized carbons (Fsp3) is 0.529. The Balaban J connectivity index is 2.65. The van der Waals surface area contributed by atoms with Crippen LogP contribution in [0.2, 0.25) is 0 Å². The van der Waals surface area contributed by atoms with Crippen molar-refractivity contribution in [2.75, 3.05) is 0 Å². The third-order valence-electron chi connectivity index (χ3n) is 3.03. The average molecular weight is 432 g/mol. The Labute approximate surface area is 151 Å². The van der Waals surface area contributed by atoms with E-state index in [-0.39, 0.29) is 11.8 Å². The van der Waals surface area contributed by atoms with E-state index in [1.165, 1.54) is 0 Å². The smallest absolute Gasteiger partial charge is 0.408 e. The van der Waals surface area contributed by atoms with Gasteiger partial charge in [0.1, 0.15) is 11.6 Å². The van der Waals surface area contributed by atoms with Crippen LogP contribution in [0.15, 0.2) is 24.3 Å². The summed E-state index contributed by atoms with van der Waals surface area (Å²) in [5.41, 5.74) is 0.448. The van der Waals surface area contributed by atoms with Gasteiger partial charge in [-0.1, -0.05) is 32.0 Å². The molecule has 0 spiro atoms. The molecule has 0 bridgehead atoms. The quantitative estimate of drug-likeness (QED) is 0.701. The molecule has 1 aromatic rings. The van der Waals surface area contributed by atoms with Crippen molar-refractivity contribution in [3.8, 4) is 0 Å². The van der Waals surface area contributed by atoms with E-state index >= 15 is 0 Å². The first kappa shape index (κ1) is 19.7. The fourth-order valence-electron chi connectivity index (χ4n) is 1.90. The van der Waals surface area contributed by atoms with E-state index in [0.717, 1.165) is 9.13 Å². The van der Waals surface area contributed by atoms with Crippen LogP contribution in [0, 0.1) is 9.49 Å². The third kappa shape index (κ3) is 7.20. The Morgan fingerprint density at radius 2 is 1.83 bits per heavy atom. The molecule has 0 aliphatic rings. The molecule has 0 aromatic heterocycles. The van der Waals surface area contributed by atoms with Gasteiger partial charge in [-0.25, -0.2) is 4.79 Å². The molecular weight excluding hydrogens is 407 g/mol. The second-order valence-electron chi connectivity index (χ2n) is 6.68. The Morgan fingerprint density at radius 3 is 2.35 bits per heavy atom. The summed E-state index contributed by atoms with van der Waals surface area (Å²) in [6, 6.07) is 7.21. The highest BCUT2D eigenvalue weighted by Gasteiger charge is 2.26. The van der Waals surface area contributed by atoms with Gasteiger partial charge in [0.25, 0.3) is 0 Å². The van der Waals surface area contributed by atoms with Crippen LogP contribution in [0.1, 0.15) is 40.2 Å². The lowest BCUT2D eigenvalue weighted by Crippen LogP contribution is -2.50. The van der Waals surface area contributed by atoms with Crippen molar-refractivity contribution in [2.24, 2.45) is 5.92 Å². The molecule has 2 amide bonds. The summed E-state index contributed by atoms with van der Waals surface area (Å²) in [6.07, 6.45) is -0.583. The van der Waals surface area contributed by atoms with Crippen molar-refractivity contribution in [3.63, 3.8) is 0 Å². The van der Waals surface area contributed by atoms with Crippen LogP contribution in [0.5, 0.6) is 0 Å². The number of amides is 2. The van der Waals surface area contributed by atoms with Crippen molar-refractivity contribution < 1.29 is 14.3 Å². The van der Waals surface area contributed by atoms with Crippen LogP contribution < -0.4 is 10.6 Å². The lowest BCUT2D eigenvalue weighted by molar-refractivity contribution is -0.124. The SMILES string of the molecule is CC(C)C(NC(=O)OC(C)(C)C)C(=O)NCc1ccccc1I. The van der Waals surface area contributed by atoms with Gasteiger partial charge in [-0.2, -0.15) is 0 Å². The first-order valence-electron chi connectivity index (χ1n) is 7.61. The lowest BCUT2D eigenvalue weighted by Gasteiger charge is -2.25. The molecule has 1 atom stereocenters. The monoisotopic (exact) mass is 432 g/mol. The maximum absolute atomic E-state index is 12.4. The van der Waals surface area contributed by atoms with Gasteiger partial charge < -0.3 is 15.4 Å². The molecule has 5 nitrogen and oxygen atoms in total. The highest BCUT2D eigenvalue weighted by Crippen LogP contribution is 2.12. The summed E-state index contributed by atoms with van der Waals surface area (Å²) in [6.45, 7) is 9.55. The number of halogens is 1. The number of nitrogens with one attached hydrogen (secondary N) is 2. The van der Waals surface area contributed by atoms with Crippen LogP contribution in [0.3, 0.4) is 0 Å². The van der Waals surface area contributed by atoms with Gasteiger partial charge in [0.05, 0.1) is 0 Å². The predicted octanol–water partition coefficient (Wildman–Crippen LogP) is 3.46. The normalized spacial score (nSPS) is 12.7. The van der Waals surface area contributed by atoms with E-state index in [2.05, 4.69) is 33.2 Å². The van der Waals surface area contributed by atoms with Crippen LogP contribution in [-0.4, -0.2) is 23.6 Å². The minimum Gasteiger partial charge on any atom is -0.444 e. The predicted molar refractivity (Wildman–Crippen MR) is 99.0 cm³/mol. The molecule has 1 rings (SSSR count). The van der Waals surface area contributed by atoms with E-state index in [4.69, 9.17) is 4.74 Å². The molecule has 2 N–H and O–H groups in total. The molecule has 0 aliphatic carbocycles. The fourth-order valence-corrected chi connectivity index (χ4v) is 2.48. The van der Waals surface area contributed by atoms with E-state index < -0.39 is 17.7 Å². The number of hydrogen-bond donors (Lipinski definition) is 2. The molecule has 6 heteroatoms. The topological polar surface area (TPSA) is 67.4 Å². The molecule has 0 heterocycles. The zero-order chi connectivity index (χ0) is 17.6. The van der Waals surface area contributed by atoms with Gasteiger partial charge >= 0.3 is 6.09 Å². The third-order valence-corrected chi connectivity index (χ3v) is 4.08. The Hall–Kier alpha value is -1.31. The summed E-state index contributed by atoms with van der Waals surface area (Å²) in [5.74, 6) is -0.261. The molecule has 1 unspecified atom stereocenters. The van der Waals surface area contributed by atoms with Crippen LogP contribution in [0.25, 0.3) is 0 Å². The standard InChI is InChI=1S/C17H25IN2O3/c1-11(2)14(20-16(22)23-17(3,4)5)15(21)19-10-12-8-6-7-9-13(12)18/h6-9,11,14H,10H2,1-5H3,(H,19,21)(H,20,22). The summed E-state index contributed by atoms with van der Waals surface area (Å²) in [5, 5.41) is 5.52. The van der Waals surface area contributed by atoms with Gasteiger partial charge in [-0.15, -0.1) is 0 Å². The van der Waals surface area contributed by atoms with Gasteiger partial charge in [-0.3, -0.25) is 4.79 Å². The summed E-state index contributed by atoms with van der Waals surface area (Å²) in [7, 11) is 0. The van der Waals surface area contributed by atoms with E-state index in [1.54, 1.807) is 20.8 Å². The molecule has 23 heavy (non-hydrogen) atoms. The Kier molecular flexibility index (Phi) is 7.31. The second-order valence-corrected chi connectivity index (χ2v) is 7.84. The Morgan fingerprint density at radius 1 is 1.22 bits per heavy atom. The highest BCUT2D eigenvalue weighted by atomic mass is 127. The van der Waals surface area contributed by atoms with Crippen molar-refractivity contribution >= 4 is 34.6 Å². The number of ether oxygens (including phenoxy) is 1. The molecule has 0 saturated heterocycles. The van der Waals surface area contributed by atoms with E-state index in [1.807, 2.05) is 38.1 Å². The van der Waals surface area contributed by atoms with E-state index in [9.17, 15) is 9.59 Å². The molecule has 0 radical (unpaired) electrons.